The lowest BCUT2D eigenvalue weighted by Gasteiger charge is -1.94. The monoisotopic (exact) mass is 154 g/mol. The molecule has 1 aromatic heterocycles. The van der Waals surface area contributed by atoms with E-state index in [0.717, 1.165) is 11.3 Å². The number of rotatable bonds is 1. The van der Waals surface area contributed by atoms with Crippen LogP contribution >= 0.6 is 0 Å². The van der Waals surface area contributed by atoms with Crippen LogP contribution in [0.5, 0.6) is 0 Å². The largest absolute Gasteiger partial charge is 0.370 e. The smallest absolute Gasteiger partial charge is 0.272 e. The first kappa shape index (κ1) is 6.67. The average Bonchev–Trinajstić information content (AvgIpc) is 2.53. The fraction of sp³-hybridized carbons (Fsp3) is 0.571. The summed E-state index contributed by atoms with van der Waals surface area (Å²) in [7, 11) is 0. The minimum Gasteiger partial charge on any atom is -0.370 e. The summed E-state index contributed by atoms with van der Waals surface area (Å²) >= 11 is 0. The van der Waals surface area contributed by atoms with E-state index in [-0.39, 0.29) is 5.56 Å². The van der Waals surface area contributed by atoms with Gasteiger partial charge in [0, 0.05) is 6.54 Å². The van der Waals surface area contributed by atoms with Crippen LogP contribution in [-0.2, 0) is 24.5 Å². The van der Waals surface area contributed by atoms with Gasteiger partial charge >= 0.3 is 0 Å². The van der Waals surface area contributed by atoms with Gasteiger partial charge in [-0.3, -0.25) is 14.6 Å². The number of hydrogen-bond acceptors (Lipinski definition) is 2. The van der Waals surface area contributed by atoms with Crippen LogP contribution < -0.4 is 5.56 Å². The Hall–Kier alpha value is -1.03. The van der Waals surface area contributed by atoms with E-state index >= 15 is 0 Å². The summed E-state index contributed by atoms with van der Waals surface area (Å²) in [5.41, 5.74) is 1.81. The maximum atomic E-state index is 11.3. The van der Waals surface area contributed by atoms with Crippen molar-refractivity contribution in [2.24, 2.45) is 0 Å². The van der Waals surface area contributed by atoms with Gasteiger partial charge < -0.3 is 4.74 Å². The Bertz CT molecular complexity index is 324. The quantitative estimate of drug-likeness (QED) is 0.629. The summed E-state index contributed by atoms with van der Waals surface area (Å²) in [4.78, 5) is 11.3. The Morgan fingerprint density at radius 2 is 2.45 bits per heavy atom. The van der Waals surface area contributed by atoms with Crippen LogP contribution in [0.15, 0.2) is 4.79 Å². The van der Waals surface area contributed by atoms with Crippen molar-refractivity contribution in [2.45, 2.75) is 26.7 Å². The molecule has 0 unspecified atom stereocenters. The van der Waals surface area contributed by atoms with Gasteiger partial charge in [0.1, 0.15) is 0 Å². The van der Waals surface area contributed by atoms with Crippen molar-refractivity contribution in [1.82, 2.24) is 9.78 Å². The van der Waals surface area contributed by atoms with Crippen LogP contribution in [-0.4, -0.2) is 9.78 Å². The van der Waals surface area contributed by atoms with E-state index in [1.54, 1.807) is 4.68 Å². The van der Waals surface area contributed by atoms with Crippen molar-refractivity contribution in [2.75, 3.05) is 0 Å². The molecule has 0 spiro atoms. The maximum absolute atomic E-state index is 11.3. The number of H-pyrrole nitrogens is 1. The van der Waals surface area contributed by atoms with Gasteiger partial charge in [0.25, 0.3) is 5.56 Å². The highest BCUT2D eigenvalue weighted by Gasteiger charge is 2.18. The fourth-order valence-corrected chi connectivity index (χ4v) is 1.32. The summed E-state index contributed by atoms with van der Waals surface area (Å²) in [6, 6.07) is 0. The minimum atomic E-state index is 0.0694. The maximum Gasteiger partial charge on any atom is 0.272 e. The van der Waals surface area contributed by atoms with Crippen molar-refractivity contribution in [3.05, 3.63) is 21.6 Å². The van der Waals surface area contributed by atoms with Crippen LogP contribution in [0.1, 0.15) is 18.2 Å². The van der Waals surface area contributed by atoms with E-state index in [9.17, 15) is 4.79 Å². The van der Waals surface area contributed by atoms with Crippen molar-refractivity contribution >= 4 is 0 Å². The molecular weight excluding hydrogens is 144 g/mol. The number of aryl methyl sites for hydroxylation is 1. The highest BCUT2D eigenvalue weighted by atomic mass is 16.5. The van der Waals surface area contributed by atoms with Crippen molar-refractivity contribution in [1.29, 1.82) is 0 Å². The molecule has 2 heterocycles. The molecule has 1 aliphatic rings. The van der Waals surface area contributed by atoms with E-state index in [0.29, 0.717) is 19.8 Å². The molecule has 11 heavy (non-hydrogen) atoms. The second-order valence-corrected chi connectivity index (χ2v) is 2.61. The Morgan fingerprint density at radius 3 is 3.09 bits per heavy atom. The fourth-order valence-electron chi connectivity index (χ4n) is 1.32. The molecule has 4 heteroatoms. The summed E-state index contributed by atoms with van der Waals surface area (Å²) in [6.07, 6.45) is 0. The third-order valence-corrected chi connectivity index (χ3v) is 1.95. The Balaban J connectivity index is 2.58. The summed E-state index contributed by atoms with van der Waals surface area (Å²) in [6.45, 7) is 3.66. The lowest BCUT2D eigenvalue weighted by atomic mass is 10.3. The molecule has 1 N–H and O–H groups in total. The molecule has 0 aliphatic carbocycles. The Labute approximate surface area is 63.8 Å². The van der Waals surface area contributed by atoms with Gasteiger partial charge in [0.05, 0.1) is 24.5 Å². The molecule has 0 radical (unpaired) electrons. The number of fused-ring (bicyclic) bond motifs is 1. The third-order valence-electron chi connectivity index (χ3n) is 1.95. The number of nitrogens with one attached hydrogen (secondary N) is 1. The minimum absolute atomic E-state index is 0.0694. The van der Waals surface area contributed by atoms with E-state index in [1.165, 1.54) is 0 Å². The SMILES string of the molecule is CCn1[nH]c2c(c1=O)COC2. The van der Waals surface area contributed by atoms with Gasteiger partial charge in [-0.25, -0.2) is 0 Å². The van der Waals surface area contributed by atoms with Gasteiger partial charge in [-0.05, 0) is 6.92 Å². The Kier molecular flexibility index (Phi) is 1.35. The van der Waals surface area contributed by atoms with E-state index in [1.807, 2.05) is 6.92 Å². The molecule has 60 valence electrons. The summed E-state index contributed by atoms with van der Waals surface area (Å²) < 4.78 is 6.70. The molecule has 0 saturated heterocycles. The standard InChI is InChI=1S/C7H10N2O2/c1-2-9-7(10)5-3-11-4-6(5)8-9/h8H,2-4H2,1H3. The topological polar surface area (TPSA) is 47.0 Å². The van der Waals surface area contributed by atoms with Crippen molar-refractivity contribution in [3.63, 3.8) is 0 Å². The van der Waals surface area contributed by atoms with Crippen LogP contribution in [0.4, 0.5) is 0 Å². The molecule has 0 saturated carbocycles. The average molecular weight is 154 g/mol. The van der Waals surface area contributed by atoms with Crippen molar-refractivity contribution in [3.8, 4) is 0 Å². The molecule has 2 rings (SSSR count). The van der Waals surface area contributed by atoms with Crippen LogP contribution in [0.3, 0.4) is 0 Å². The number of aromatic amines is 1. The van der Waals surface area contributed by atoms with Crippen molar-refractivity contribution < 1.29 is 4.74 Å². The van der Waals surface area contributed by atoms with E-state index < -0.39 is 0 Å². The molecule has 1 aliphatic heterocycles. The lowest BCUT2D eigenvalue weighted by Crippen LogP contribution is -2.17. The first-order chi connectivity index (χ1) is 5.33. The molecular formula is C7H10N2O2. The van der Waals surface area contributed by atoms with Crippen LogP contribution in [0.2, 0.25) is 0 Å². The summed E-state index contributed by atoms with van der Waals surface area (Å²) in [5.74, 6) is 0. The number of nitrogens with zero attached hydrogens (tertiary/aromatic N) is 1. The van der Waals surface area contributed by atoms with Crippen LogP contribution in [0.25, 0.3) is 0 Å². The molecule has 0 fully saturated rings. The normalized spacial score (nSPS) is 15.4. The molecule has 0 atom stereocenters. The van der Waals surface area contributed by atoms with Gasteiger partial charge in [-0.15, -0.1) is 0 Å². The first-order valence-corrected chi connectivity index (χ1v) is 3.71. The molecule has 0 aromatic carbocycles. The molecule has 4 nitrogen and oxygen atoms in total. The van der Waals surface area contributed by atoms with E-state index in [4.69, 9.17) is 4.74 Å². The zero-order valence-electron chi connectivity index (χ0n) is 6.39. The number of hydrogen-bond donors (Lipinski definition) is 1. The van der Waals surface area contributed by atoms with Gasteiger partial charge in [-0.2, -0.15) is 0 Å². The highest BCUT2D eigenvalue weighted by Crippen LogP contribution is 2.12. The third kappa shape index (κ3) is 0.826. The predicted octanol–water partition coefficient (Wildman–Crippen LogP) is 0.226. The second kappa shape index (κ2) is 2.23. The summed E-state index contributed by atoms with van der Waals surface area (Å²) in [5, 5.41) is 2.99. The lowest BCUT2D eigenvalue weighted by molar-refractivity contribution is 0.130. The Morgan fingerprint density at radius 1 is 1.64 bits per heavy atom. The highest BCUT2D eigenvalue weighted by molar-refractivity contribution is 5.18. The molecule has 1 aromatic rings. The second-order valence-electron chi connectivity index (χ2n) is 2.61. The van der Waals surface area contributed by atoms with Gasteiger partial charge in [0.2, 0.25) is 0 Å². The van der Waals surface area contributed by atoms with E-state index in [2.05, 4.69) is 5.10 Å². The zero-order chi connectivity index (χ0) is 7.84. The van der Waals surface area contributed by atoms with Gasteiger partial charge in [-0.1, -0.05) is 0 Å². The molecule has 0 amide bonds. The zero-order valence-corrected chi connectivity index (χ0v) is 6.39. The number of aromatic nitrogens is 2. The predicted molar refractivity (Wildman–Crippen MR) is 39.2 cm³/mol. The first-order valence-electron chi connectivity index (χ1n) is 3.71. The van der Waals surface area contributed by atoms with Crippen LogP contribution in [0, 0.1) is 0 Å². The number of ether oxygens (including phenoxy) is 1. The van der Waals surface area contributed by atoms with Gasteiger partial charge in [0.15, 0.2) is 0 Å². The molecule has 0 bridgehead atoms.